The van der Waals surface area contributed by atoms with Crippen LogP contribution in [0.4, 0.5) is 4.39 Å². The van der Waals surface area contributed by atoms with Crippen LogP contribution in [0.2, 0.25) is 0 Å². The highest BCUT2D eigenvalue weighted by molar-refractivity contribution is 7.90. The Balaban J connectivity index is 3.09. The Bertz CT molecular complexity index is 454. The largest absolute Gasteiger partial charge is 0.228 e. The standard InChI is InChI=1S/C10H9FO2S/c1-3-10(11)8-4-6-9(7-5-8)14(2,12)13/h1,4-7,10H,2H3. The maximum absolute atomic E-state index is 12.9. The van der Waals surface area contributed by atoms with Crippen molar-refractivity contribution in [2.75, 3.05) is 6.26 Å². The van der Waals surface area contributed by atoms with Crippen LogP contribution in [0.1, 0.15) is 11.7 Å². The van der Waals surface area contributed by atoms with Crippen molar-refractivity contribution in [2.45, 2.75) is 11.1 Å². The molecular formula is C10H9FO2S. The highest BCUT2D eigenvalue weighted by Crippen LogP contribution is 2.18. The van der Waals surface area contributed by atoms with E-state index >= 15 is 0 Å². The molecule has 1 aromatic carbocycles. The van der Waals surface area contributed by atoms with Gasteiger partial charge < -0.3 is 0 Å². The molecule has 0 radical (unpaired) electrons. The number of hydrogen-bond donors (Lipinski definition) is 0. The molecule has 0 N–H and O–H groups in total. The fraction of sp³-hybridized carbons (Fsp3) is 0.200. The minimum atomic E-state index is -3.23. The predicted molar refractivity (Wildman–Crippen MR) is 52.2 cm³/mol. The van der Waals surface area contributed by atoms with Crippen molar-refractivity contribution in [1.29, 1.82) is 0 Å². The summed E-state index contributed by atoms with van der Waals surface area (Å²) in [5.41, 5.74) is 0.292. The van der Waals surface area contributed by atoms with Crippen LogP contribution in [0, 0.1) is 12.3 Å². The number of rotatable bonds is 2. The molecule has 0 spiro atoms. The molecule has 74 valence electrons. The Morgan fingerprint density at radius 2 is 1.86 bits per heavy atom. The zero-order chi connectivity index (χ0) is 10.8. The van der Waals surface area contributed by atoms with Gasteiger partial charge in [-0.1, -0.05) is 18.1 Å². The first kappa shape index (κ1) is 10.7. The monoisotopic (exact) mass is 212 g/mol. The van der Waals surface area contributed by atoms with Crippen LogP contribution in [0.25, 0.3) is 0 Å². The van der Waals surface area contributed by atoms with Crippen molar-refractivity contribution in [3.8, 4) is 12.3 Å². The Morgan fingerprint density at radius 3 is 2.21 bits per heavy atom. The van der Waals surface area contributed by atoms with E-state index < -0.39 is 16.0 Å². The van der Waals surface area contributed by atoms with Gasteiger partial charge in [-0.25, -0.2) is 12.8 Å². The number of halogens is 1. The molecule has 0 aromatic heterocycles. The molecule has 0 fully saturated rings. The Kier molecular flexibility index (Phi) is 2.92. The Morgan fingerprint density at radius 1 is 1.36 bits per heavy atom. The molecule has 4 heteroatoms. The van der Waals surface area contributed by atoms with Gasteiger partial charge in [0.25, 0.3) is 0 Å². The quantitative estimate of drug-likeness (QED) is 0.700. The zero-order valence-corrected chi connectivity index (χ0v) is 8.38. The molecule has 0 aliphatic carbocycles. The molecule has 0 amide bonds. The van der Waals surface area contributed by atoms with E-state index in [4.69, 9.17) is 6.42 Å². The highest BCUT2D eigenvalue weighted by Gasteiger charge is 2.09. The molecule has 0 saturated carbocycles. The second kappa shape index (κ2) is 3.81. The SMILES string of the molecule is C#CC(F)c1ccc(S(C)(=O)=O)cc1. The minimum Gasteiger partial charge on any atom is -0.228 e. The van der Waals surface area contributed by atoms with Gasteiger partial charge in [-0.05, 0) is 17.7 Å². The average Bonchev–Trinajstić information content (AvgIpc) is 2.15. The van der Waals surface area contributed by atoms with Crippen LogP contribution in [0.15, 0.2) is 29.2 Å². The molecular weight excluding hydrogens is 203 g/mol. The van der Waals surface area contributed by atoms with Crippen molar-refractivity contribution in [1.82, 2.24) is 0 Å². The predicted octanol–water partition coefficient (Wildman–Crippen LogP) is 1.73. The molecule has 1 atom stereocenters. The van der Waals surface area contributed by atoms with E-state index in [1.54, 1.807) is 0 Å². The lowest BCUT2D eigenvalue weighted by Crippen LogP contribution is -1.97. The lowest BCUT2D eigenvalue weighted by Gasteiger charge is -2.02. The van der Waals surface area contributed by atoms with Gasteiger partial charge in [0.1, 0.15) is 0 Å². The second-order valence-corrected chi connectivity index (χ2v) is 4.89. The molecule has 0 saturated heterocycles. The molecule has 14 heavy (non-hydrogen) atoms. The summed E-state index contributed by atoms with van der Waals surface area (Å²) in [7, 11) is -3.23. The van der Waals surface area contributed by atoms with Gasteiger partial charge in [0, 0.05) is 6.26 Å². The van der Waals surface area contributed by atoms with E-state index in [1.807, 2.05) is 5.92 Å². The lowest BCUT2D eigenvalue weighted by atomic mass is 10.1. The Hall–Kier alpha value is -1.34. The van der Waals surface area contributed by atoms with E-state index in [9.17, 15) is 12.8 Å². The second-order valence-electron chi connectivity index (χ2n) is 2.87. The minimum absolute atomic E-state index is 0.158. The first-order valence-corrected chi connectivity index (χ1v) is 5.74. The molecule has 0 bridgehead atoms. The summed E-state index contributed by atoms with van der Waals surface area (Å²) in [5, 5.41) is 0. The zero-order valence-electron chi connectivity index (χ0n) is 7.57. The Labute approximate surface area is 82.7 Å². The normalized spacial score (nSPS) is 13.2. The van der Waals surface area contributed by atoms with Crippen LogP contribution in [0.3, 0.4) is 0 Å². The molecule has 1 aromatic rings. The summed E-state index contributed by atoms with van der Waals surface area (Å²) in [6, 6.07) is 5.44. The van der Waals surface area contributed by atoms with Crippen molar-refractivity contribution < 1.29 is 12.8 Å². The number of benzene rings is 1. The smallest absolute Gasteiger partial charge is 0.185 e. The molecule has 0 heterocycles. The van der Waals surface area contributed by atoms with Gasteiger partial charge in [-0.3, -0.25) is 0 Å². The number of terminal acetylenes is 1. The summed E-state index contributed by atoms with van der Waals surface area (Å²) in [6.07, 6.45) is 4.50. The molecule has 2 nitrogen and oxygen atoms in total. The third kappa shape index (κ3) is 2.33. The van der Waals surface area contributed by atoms with E-state index in [1.165, 1.54) is 24.3 Å². The summed E-state index contributed by atoms with van der Waals surface area (Å²) < 4.78 is 35.0. The third-order valence-corrected chi connectivity index (χ3v) is 2.88. The van der Waals surface area contributed by atoms with Crippen molar-refractivity contribution in [3.05, 3.63) is 29.8 Å². The van der Waals surface area contributed by atoms with Crippen LogP contribution < -0.4 is 0 Å². The van der Waals surface area contributed by atoms with Gasteiger partial charge in [-0.15, -0.1) is 6.42 Å². The van der Waals surface area contributed by atoms with Crippen LogP contribution in [0.5, 0.6) is 0 Å². The highest BCUT2D eigenvalue weighted by atomic mass is 32.2. The number of hydrogen-bond acceptors (Lipinski definition) is 2. The van der Waals surface area contributed by atoms with E-state index in [0.717, 1.165) is 6.26 Å². The summed E-state index contributed by atoms with van der Waals surface area (Å²) in [6.45, 7) is 0. The van der Waals surface area contributed by atoms with Gasteiger partial charge in [-0.2, -0.15) is 0 Å². The van der Waals surface area contributed by atoms with Crippen molar-refractivity contribution in [3.63, 3.8) is 0 Å². The lowest BCUT2D eigenvalue weighted by molar-refractivity contribution is 0.428. The van der Waals surface area contributed by atoms with Gasteiger partial charge in [0.05, 0.1) is 4.90 Å². The van der Waals surface area contributed by atoms with Crippen LogP contribution in [-0.4, -0.2) is 14.7 Å². The molecule has 0 aliphatic heterocycles. The average molecular weight is 212 g/mol. The summed E-state index contributed by atoms with van der Waals surface area (Å²) in [4.78, 5) is 0.158. The van der Waals surface area contributed by atoms with Gasteiger partial charge >= 0.3 is 0 Å². The fourth-order valence-electron chi connectivity index (χ4n) is 0.980. The van der Waals surface area contributed by atoms with E-state index in [-0.39, 0.29) is 4.90 Å². The fourth-order valence-corrected chi connectivity index (χ4v) is 1.61. The van der Waals surface area contributed by atoms with Crippen molar-refractivity contribution >= 4 is 9.84 Å². The maximum atomic E-state index is 12.9. The summed E-state index contributed by atoms with van der Waals surface area (Å²) in [5.74, 6) is 1.92. The van der Waals surface area contributed by atoms with Crippen LogP contribution in [-0.2, 0) is 9.84 Å². The third-order valence-electron chi connectivity index (χ3n) is 1.75. The summed E-state index contributed by atoms with van der Waals surface area (Å²) >= 11 is 0. The maximum Gasteiger partial charge on any atom is 0.185 e. The topological polar surface area (TPSA) is 34.1 Å². The van der Waals surface area contributed by atoms with E-state index in [0.29, 0.717) is 5.56 Å². The van der Waals surface area contributed by atoms with Gasteiger partial charge in [0.15, 0.2) is 16.0 Å². The number of sulfone groups is 1. The van der Waals surface area contributed by atoms with E-state index in [2.05, 4.69) is 0 Å². The first-order valence-electron chi connectivity index (χ1n) is 3.85. The molecule has 1 rings (SSSR count). The van der Waals surface area contributed by atoms with Crippen LogP contribution >= 0.6 is 0 Å². The number of alkyl halides is 1. The molecule has 0 aliphatic rings. The first-order chi connectivity index (χ1) is 6.45. The molecule has 1 unspecified atom stereocenters. The van der Waals surface area contributed by atoms with Crippen molar-refractivity contribution in [2.24, 2.45) is 0 Å². The van der Waals surface area contributed by atoms with Gasteiger partial charge in [0.2, 0.25) is 0 Å².